The molecule has 5 nitrogen and oxygen atoms in total. The Bertz CT molecular complexity index is 965. The lowest BCUT2D eigenvalue weighted by Gasteiger charge is -2.17. The number of rotatable bonds is 5. The van der Waals surface area contributed by atoms with E-state index in [-0.39, 0.29) is 24.2 Å². The summed E-state index contributed by atoms with van der Waals surface area (Å²) in [5, 5.41) is 3.45. The minimum Gasteiger partial charge on any atom is -0.351 e. The van der Waals surface area contributed by atoms with Crippen molar-refractivity contribution in [2.75, 3.05) is 18.9 Å². The van der Waals surface area contributed by atoms with E-state index in [1.165, 1.54) is 17.0 Å². The second-order valence-corrected chi connectivity index (χ2v) is 6.13. The molecule has 0 bridgehead atoms. The van der Waals surface area contributed by atoms with E-state index in [4.69, 9.17) is 0 Å². The van der Waals surface area contributed by atoms with E-state index in [2.05, 4.69) is 10.3 Å². The normalized spacial score (nSPS) is 10.7. The first-order valence-corrected chi connectivity index (χ1v) is 8.39. The molecule has 2 amide bonds. The van der Waals surface area contributed by atoms with Gasteiger partial charge in [-0.2, -0.15) is 0 Å². The number of halogens is 1. The SMILES string of the molecule is CCc1ccccc1NC(=O)CN(C)C(=O)c1cc2cc(F)ccc2[nH]1. The largest absolute Gasteiger partial charge is 0.351 e. The Kier molecular flexibility index (Phi) is 5.02. The van der Waals surface area contributed by atoms with Crippen molar-refractivity contribution in [2.45, 2.75) is 13.3 Å². The zero-order chi connectivity index (χ0) is 18.7. The highest BCUT2D eigenvalue weighted by molar-refractivity contribution is 6.01. The predicted octanol–water partition coefficient (Wildman–Crippen LogP) is 3.58. The van der Waals surface area contributed by atoms with Crippen molar-refractivity contribution in [2.24, 2.45) is 0 Å². The van der Waals surface area contributed by atoms with Gasteiger partial charge in [0.25, 0.3) is 5.91 Å². The lowest BCUT2D eigenvalue weighted by molar-refractivity contribution is -0.116. The van der Waals surface area contributed by atoms with Crippen LogP contribution in [0.3, 0.4) is 0 Å². The van der Waals surface area contributed by atoms with Crippen molar-refractivity contribution in [3.63, 3.8) is 0 Å². The standard InChI is InChI=1S/C20H20FN3O2/c1-3-13-6-4-5-7-16(13)23-19(25)12-24(2)20(26)18-11-14-10-15(21)8-9-17(14)22-18/h4-11,22H,3,12H2,1-2H3,(H,23,25). The van der Waals surface area contributed by atoms with Gasteiger partial charge in [-0.1, -0.05) is 25.1 Å². The molecule has 1 heterocycles. The number of likely N-dealkylation sites (N-methyl/N-ethyl adjacent to an activating group) is 1. The number of aryl methyl sites for hydroxylation is 1. The molecule has 0 saturated heterocycles. The van der Waals surface area contributed by atoms with E-state index in [1.807, 2.05) is 31.2 Å². The van der Waals surface area contributed by atoms with Crippen LogP contribution < -0.4 is 5.32 Å². The van der Waals surface area contributed by atoms with Crippen LogP contribution in [0.15, 0.2) is 48.5 Å². The molecule has 3 aromatic rings. The predicted molar refractivity (Wildman–Crippen MR) is 99.7 cm³/mol. The number of H-pyrrole nitrogens is 1. The Morgan fingerprint density at radius 3 is 2.69 bits per heavy atom. The van der Waals surface area contributed by atoms with Gasteiger partial charge in [-0.3, -0.25) is 9.59 Å². The molecule has 2 N–H and O–H groups in total. The van der Waals surface area contributed by atoms with E-state index in [9.17, 15) is 14.0 Å². The molecule has 2 aromatic carbocycles. The van der Waals surface area contributed by atoms with Crippen molar-refractivity contribution >= 4 is 28.4 Å². The topological polar surface area (TPSA) is 65.2 Å². The number of benzene rings is 2. The maximum absolute atomic E-state index is 13.3. The van der Waals surface area contributed by atoms with E-state index in [1.54, 1.807) is 19.2 Å². The van der Waals surface area contributed by atoms with E-state index in [0.29, 0.717) is 16.6 Å². The highest BCUT2D eigenvalue weighted by Gasteiger charge is 2.17. The Morgan fingerprint density at radius 2 is 1.92 bits per heavy atom. The van der Waals surface area contributed by atoms with Gasteiger partial charge in [0, 0.05) is 23.6 Å². The summed E-state index contributed by atoms with van der Waals surface area (Å²) < 4.78 is 13.3. The quantitative estimate of drug-likeness (QED) is 0.736. The Hall–Kier alpha value is -3.15. The second kappa shape index (κ2) is 7.39. The van der Waals surface area contributed by atoms with Crippen LogP contribution in [0, 0.1) is 5.82 Å². The average Bonchev–Trinajstić information content (AvgIpc) is 3.04. The van der Waals surface area contributed by atoms with Crippen LogP contribution in [0.4, 0.5) is 10.1 Å². The number of aromatic nitrogens is 1. The van der Waals surface area contributed by atoms with E-state index >= 15 is 0 Å². The lowest BCUT2D eigenvalue weighted by atomic mass is 10.1. The van der Waals surface area contributed by atoms with Crippen LogP contribution in [0.2, 0.25) is 0 Å². The molecule has 0 aliphatic carbocycles. The number of nitrogens with zero attached hydrogens (tertiary/aromatic N) is 1. The number of fused-ring (bicyclic) bond motifs is 1. The molecule has 0 spiro atoms. The molecule has 0 saturated carbocycles. The molecular formula is C20H20FN3O2. The van der Waals surface area contributed by atoms with Gasteiger partial charge in [0.2, 0.25) is 5.91 Å². The molecule has 3 rings (SSSR count). The van der Waals surface area contributed by atoms with Crippen molar-refractivity contribution in [1.82, 2.24) is 9.88 Å². The van der Waals surface area contributed by atoms with Gasteiger partial charge in [0.15, 0.2) is 0 Å². The second-order valence-electron chi connectivity index (χ2n) is 6.13. The van der Waals surface area contributed by atoms with Crippen molar-refractivity contribution in [1.29, 1.82) is 0 Å². The summed E-state index contributed by atoms with van der Waals surface area (Å²) in [6.07, 6.45) is 0.802. The first-order valence-electron chi connectivity index (χ1n) is 8.39. The maximum Gasteiger partial charge on any atom is 0.270 e. The molecule has 1 aromatic heterocycles. The first kappa shape index (κ1) is 17.7. The van der Waals surface area contributed by atoms with E-state index < -0.39 is 0 Å². The van der Waals surface area contributed by atoms with Crippen molar-refractivity contribution in [3.05, 3.63) is 65.6 Å². The van der Waals surface area contributed by atoms with Crippen molar-refractivity contribution < 1.29 is 14.0 Å². The number of hydrogen-bond acceptors (Lipinski definition) is 2. The molecule has 0 aliphatic rings. The minimum absolute atomic E-state index is 0.0827. The van der Waals surface area contributed by atoms with E-state index in [0.717, 1.165) is 17.7 Å². The number of para-hydroxylation sites is 1. The van der Waals surface area contributed by atoms with Crippen LogP contribution in [0.5, 0.6) is 0 Å². The van der Waals surface area contributed by atoms with Crippen LogP contribution in [-0.4, -0.2) is 35.3 Å². The van der Waals surface area contributed by atoms with Crippen LogP contribution in [-0.2, 0) is 11.2 Å². The lowest BCUT2D eigenvalue weighted by Crippen LogP contribution is -2.35. The Labute approximate surface area is 150 Å². The van der Waals surface area contributed by atoms with Gasteiger partial charge in [-0.05, 0) is 42.3 Å². The third-order valence-corrected chi connectivity index (χ3v) is 4.21. The summed E-state index contributed by atoms with van der Waals surface area (Å²) in [5.41, 5.74) is 2.77. The Balaban J connectivity index is 1.69. The molecule has 0 atom stereocenters. The van der Waals surface area contributed by atoms with Gasteiger partial charge in [0.1, 0.15) is 11.5 Å². The fraction of sp³-hybridized carbons (Fsp3) is 0.200. The summed E-state index contributed by atoms with van der Waals surface area (Å²) in [5.74, 6) is -0.970. The fourth-order valence-electron chi connectivity index (χ4n) is 2.85. The number of amides is 2. The van der Waals surface area contributed by atoms with Crippen LogP contribution in [0.25, 0.3) is 10.9 Å². The summed E-state index contributed by atoms with van der Waals surface area (Å²) >= 11 is 0. The minimum atomic E-state index is -0.363. The summed E-state index contributed by atoms with van der Waals surface area (Å²) in [6, 6.07) is 13.4. The van der Waals surface area contributed by atoms with Gasteiger partial charge in [-0.25, -0.2) is 4.39 Å². The molecule has 26 heavy (non-hydrogen) atoms. The average molecular weight is 353 g/mol. The molecule has 0 aliphatic heterocycles. The molecule has 0 radical (unpaired) electrons. The fourth-order valence-corrected chi connectivity index (χ4v) is 2.85. The molecule has 0 fully saturated rings. The number of anilines is 1. The number of hydrogen-bond donors (Lipinski definition) is 2. The van der Waals surface area contributed by atoms with Crippen molar-refractivity contribution in [3.8, 4) is 0 Å². The molecule has 134 valence electrons. The molecule has 6 heteroatoms. The summed E-state index contributed by atoms with van der Waals surface area (Å²) in [6.45, 7) is 1.93. The molecule has 0 unspecified atom stereocenters. The maximum atomic E-state index is 13.3. The number of nitrogens with one attached hydrogen (secondary N) is 2. The molecular weight excluding hydrogens is 333 g/mol. The van der Waals surface area contributed by atoms with Gasteiger partial charge in [-0.15, -0.1) is 0 Å². The highest BCUT2D eigenvalue weighted by Crippen LogP contribution is 2.18. The number of carbonyl (C=O) groups is 2. The highest BCUT2D eigenvalue weighted by atomic mass is 19.1. The summed E-state index contributed by atoms with van der Waals surface area (Å²) in [7, 11) is 1.56. The number of aromatic amines is 1. The smallest absolute Gasteiger partial charge is 0.270 e. The third kappa shape index (κ3) is 3.74. The zero-order valence-electron chi connectivity index (χ0n) is 14.7. The van der Waals surface area contributed by atoms with Gasteiger partial charge in [0.05, 0.1) is 6.54 Å². The monoisotopic (exact) mass is 353 g/mol. The Morgan fingerprint density at radius 1 is 1.15 bits per heavy atom. The van der Waals surface area contributed by atoms with Gasteiger partial charge >= 0.3 is 0 Å². The first-order chi connectivity index (χ1) is 12.5. The zero-order valence-corrected chi connectivity index (χ0v) is 14.7. The van der Waals surface area contributed by atoms with Crippen LogP contribution in [0.1, 0.15) is 23.0 Å². The van der Waals surface area contributed by atoms with Gasteiger partial charge < -0.3 is 15.2 Å². The third-order valence-electron chi connectivity index (χ3n) is 4.21. The van der Waals surface area contributed by atoms with Crippen LogP contribution >= 0.6 is 0 Å². The summed E-state index contributed by atoms with van der Waals surface area (Å²) in [4.78, 5) is 29.1. The number of carbonyl (C=O) groups excluding carboxylic acids is 2.